The molecule has 1 aromatic carbocycles. The Kier molecular flexibility index (Phi) is 6.15. The van der Waals surface area contributed by atoms with Gasteiger partial charge in [0.05, 0.1) is 12.8 Å². The molecule has 26 heavy (non-hydrogen) atoms. The lowest BCUT2D eigenvalue weighted by Gasteiger charge is -2.20. The molecule has 140 valence electrons. The van der Waals surface area contributed by atoms with Crippen molar-refractivity contribution in [2.24, 2.45) is 0 Å². The SMILES string of the molecule is COc1ccc(F)cc1NC(=O)c1c(C)ccn(C(C)CN(C)C)c1=O. The summed E-state index contributed by atoms with van der Waals surface area (Å²) in [6.45, 7) is 4.26. The summed E-state index contributed by atoms with van der Waals surface area (Å²) in [5.74, 6) is -0.791. The molecule has 0 bridgehead atoms. The lowest BCUT2D eigenvalue weighted by atomic mass is 10.1. The molecule has 1 atom stereocenters. The minimum Gasteiger partial charge on any atom is -0.495 e. The Hall–Kier alpha value is -2.67. The van der Waals surface area contributed by atoms with Crippen LogP contribution in [0, 0.1) is 12.7 Å². The van der Waals surface area contributed by atoms with Crippen LogP contribution in [0.5, 0.6) is 5.75 Å². The van der Waals surface area contributed by atoms with Crippen molar-refractivity contribution < 1.29 is 13.9 Å². The van der Waals surface area contributed by atoms with Gasteiger partial charge in [0.25, 0.3) is 11.5 Å². The first-order valence-corrected chi connectivity index (χ1v) is 8.26. The Labute approximate surface area is 152 Å². The number of carbonyl (C=O) groups is 1. The molecule has 1 N–H and O–H groups in total. The van der Waals surface area contributed by atoms with Gasteiger partial charge >= 0.3 is 0 Å². The standard InChI is InChI=1S/C19H24FN3O3/c1-12-8-9-23(13(2)11-22(3)4)19(25)17(12)18(24)21-15-10-14(20)6-7-16(15)26-5/h6-10,13H,11H2,1-5H3,(H,21,24). The third-order valence-corrected chi connectivity index (χ3v) is 4.07. The third kappa shape index (κ3) is 4.29. The average molecular weight is 361 g/mol. The van der Waals surface area contributed by atoms with E-state index in [2.05, 4.69) is 5.32 Å². The third-order valence-electron chi connectivity index (χ3n) is 4.07. The van der Waals surface area contributed by atoms with E-state index in [9.17, 15) is 14.0 Å². The van der Waals surface area contributed by atoms with E-state index in [1.807, 2.05) is 25.9 Å². The number of hydrogen-bond acceptors (Lipinski definition) is 4. The number of hydrogen-bond donors (Lipinski definition) is 1. The summed E-state index contributed by atoms with van der Waals surface area (Å²) in [5, 5.41) is 2.58. The number of halogens is 1. The first-order valence-electron chi connectivity index (χ1n) is 8.26. The van der Waals surface area contributed by atoms with E-state index in [0.29, 0.717) is 17.9 Å². The quantitative estimate of drug-likeness (QED) is 0.859. The number of aromatic nitrogens is 1. The zero-order chi connectivity index (χ0) is 19.4. The predicted molar refractivity (Wildman–Crippen MR) is 99.6 cm³/mol. The van der Waals surface area contributed by atoms with Gasteiger partial charge in [-0.25, -0.2) is 4.39 Å². The first-order chi connectivity index (χ1) is 12.2. The monoisotopic (exact) mass is 361 g/mol. The number of rotatable bonds is 6. The molecule has 7 heteroatoms. The van der Waals surface area contributed by atoms with Crippen molar-refractivity contribution in [3.8, 4) is 5.75 Å². The molecule has 1 amide bonds. The maximum Gasteiger partial charge on any atom is 0.263 e. The molecule has 1 heterocycles. The highest BCUT2D eigenvalue weighted by molar-refractivity contribution is 6.05. The summed E-state index contributed by atoms with van der Waals surface area (Å²) in [4.78, 5) is 27.5. The van der Waals surface area contributed by atoms with Crippen LogP contribution in [-0.4, -0.2) is 43.1 Å². The second kappa shape index (κ2) is 8.14. The fraction of sp³-hybridized carbons (Fsp3) is 0.368. The van der Waals surface area contributed by atoms with Gasteiger partial charge in [-0.2, -0.15) is 0 Å². The molecule has 2 rings (SSSR count). The lowest BCUT2D eigenvalue weighted by molar-refractivity contribution is 0.102. The number of benzene rings is 1. The molecule has 0 saturated carbocycles. The molecule has 0 radical (unpaired) electrons. The number of carbonyl (C=O) groups excluding carboxylic acids is 1. The van der Waals surface area contributed by atoms with Gasteiger partial charge in [0.2, 0.25) is 0 Å². The lowest BCUT2D eigenvalue weighted by Crippen LogP contribution is -2.34. The number of methoxy groups -OCH3 is 1. The first kappa shape index (κ1) is 19.7. The van der Waals surface area contributed by atoms with Crippen LogP contribution in [0.2, 0.25) is 0 Å². The molecule has 0 aliphatic heterocycles. The topological polar surface area (TPSA) is 63.6 Å². The Balaban J connectivity index is 2.40. The summed E-state index contributed by atoms with van der Waals surface area (Å²) in [6, 6.07) is 5.43. The number of aryl methyl sites for hydroxylation is 1. The number of nitrogens with zero attached hydrogens (tertiary/aromatic N) is 2. The highest BCUT2D eigenvalue weighted by Gasteiger charge is 2.19. The second-order valence-corrected chi connectivity index (χ2v) is 6.50. The number of likely N-dealkylation sites (N-methyl/N-ethyl adjacent to an activating group) is 1. The van der Waals surface area contributed by atoms with E-state index >= 15 is 0 Å². The van der Waals surface area contributed by atoms with Gasteiger partial charge in [0.1, 0.15) is 17.1 Å². The van der Waals surface area contributed by atoms with Crippen LogP contribution in [0.4, 0.5) is 10.1 Å². The average Bonchev–Trinajstić information content (AvgIpc) is 2.54. The fourth-order valence-corrected chi connectivity index (χ4v) is 2.84. The molecule has 1 unspecified atom stereocenters. The molecule has 0 spiro atoms. The maximum absolute atomic E-state index is 13.5. The van der Waals surface area contributed by atoms with Crippen LogP contribution in [0.15, 0.2) is 35.3 Å². The van der Waals surface area contributed by atoms with E-state index in [0.717, 1.165) is 6.07 Å². The molecule has 6 nitrogen and oxygen atoms in total. The van der Waals surface area contributed by atoms with Crippen LogP contribution in [0.25, 0.3) is 0 Å². The van der Waals surface area contributed by atoms with Crippen molar-refractivity contribution in [3.63, 3.8) is 0 Å². The fourth-order valence-electron chi connectivity index (χ4n) is 2.84. The van der Waals surface area contributed by atoms with Crippen LogP contribution in [0.3, 0.4) is 0 Å². The summed E-state index contributed by atoms with van der Waals surface area (Å²) in [5.41, 5.74) is 0.376. The van der Waals surface area contributed by atoms with Gasteiger partial charge in [-0.1, -0.05) is 0 Å². The minimum atomic E-state index is -0.595. The Morgan fingerprint density at radius 2 is 2.04 bits per heavy atom. The van der Waals surface area contributed by atoms with Gasteiger partial charge in [0.15, 0.2) is 0 Å². The minimum absolute atomic E-state index is 0.0319. The molecule has 0 aliphatic rings. The van der Waals surface area contributed by atoms with Crippen molar-refractivity contribution in [3.05, 3.63) is 57.8 Å². The van der Waals surface area contributed by atoms with Crippen molar-refractivity contribution >= 4 is 11.6 Å². The normalized spacial score (nSPS) is 12.1. The van der Waals surface area contributed by atoms with Gasteiger partial charge in [-0.15, -0.1) is 0 Å². The Morgan fingerprint density at radius 1 is 1.35 bits per heavy atom. The highest BCUT2D eigenvalue weighted by Crippen LogP contribution is 2.25. The van der Waals surface area contributed by atoms with Gasteiger partial charge < -0.3 is 19.5 Å². The summed E-state index contributed by atoms with van der Waals surface area (Å²) >= 11 is 0. The molecule has 0 saturated heterocycles. The van der Waals surface area contributed by atoms with E-state index in [4.69, 9.17) is 4.74 Å². The van der Waals surface area contributed by atoms with Gasteiger partial charge in [0, 0.05) is 24.8 Å². The number of amides is 1. The number of nitrogens with one attached hydrogen (secondary N) is 1. The molecule has 2 aromatic rings. The molecule has 0 aliphatic carbocycles. The number of anilines is 1. The number of ether oxygens (including phenoxy) is 1. The van der Waals surface area contributed by atoms with Crippen LogP contribution < -0.4 is 15.6 Å². The van der Waals surface area contributed by atoms with E-state index in [-0.39, 0.29) is 22.9 Å². The summed E-state index contributed by atoms with van der Waals surface area (Å²) in [7, 11) is 5.26. The Morgan fingerprint density at radius 3 is 2.65 bits per heavy atom. The zero-order valence-corrected chi connectivity index (χ0v) is 15.7. The molecule has 1 aromatic heterocycles. The second-order valence-electron chi connectivity index (χ2n) is 6.50. The smallest absolute Gasteiger partial charge is 0.263 e. The van der Waals surface area contributed by atoms with Crippen molar-refractivity contribution in [2.75, 3.05) is 33.1 Å². The highest BCUT2D eigenvalue weighted by atomic mass is 19.1. The largest absolute Gasteiger partial charge is 0.495 e. The molecular weight excluding hydrogens is 337 g/mol. The van der Waals surface area contributed by atoms with Gasteiger partial charge in [-0.05, 0) is 51.7 Å². The maximum atomic E-state index is 13.5. The molecule has 0 fully saturated rings. The van der Waals surface area contributed by atoms with E-state index in [1.165, 1.54) is 23.8 Å². The van der Waals surface area contributed by atoms with Gasteiger partial charge in [-0.3, -0.25) is 9.59 Å². The molecular formula is C19H24FN3O3. The van der Waals surface area contributed by atoms with E-state index < -0.39 is 11.7 Å². The van der Waals surface area contributed by atoms with Crippen molar-refractivity contribution in [1.29, 1.82) is 0 Å². The van der Waals surface area contributed by atoms with Crippen LogP contribution in [-0.2, 0) is 0 Å². The predicted octanol–water partition coefficient (Wildman–Crippen LogP) is 2.68. The summed E-state index contributed by atoms with van der Waals surface area (Å²) < 4.78 is 20.2. The van der Waals surface area contributed by atoms with Crippen molar-refractivity contribution in [2.45, 2.75) is 19.9 Å². The van der Waals surface area contributed by atoms with Crippen molar-refractivity contribution in [1.82, 2.24) is 9.47 Å². The van der Waals surface area contributed by atoms with Crippen LogP contribution >= 0.6 is 0 Å². The zero-order valence-electron chi connectivity index (χ0n) is 15.7. The Bertz CT molecular complexity index is 862. The number of pyridine rings is 1. The summed E-state index contributed by atoms with van der Waals surface area (Å²) in [6.07, 6.45) is 1.69. The van der Waals surface area contributed by atoms with Crippen LogP contribution in [0.1, 0.15) is 28.9 Å². The van der Waals surface area contributed by atoms with E-state index in [1.54, 1.807) is 19.2 Å².